The van der Waals surface area contributed by atoms with E-state index < -0.39 is 89.6 Å². The molecule has 12 heteroatoms. The fourth-order valence-corrected chi connectivity index (χ4v) is 5.84. The van der Waals surface area contributed by atoms with E-state index in [0.717, 1.165) is 0 Å². The van der Waals surface area contributed by atoms with E-state index in [9.17, 15) is 40.2 Å². The van der Waals surface area contributed by atoms with Gasteiger partial charge in [0.1, 0.15) is 23.4 Å². The van der Waals surface area contributed by atoms with Gasteiger partial charge in [-0.15, -0.1) is 0 Å². The molecule has 0 bridgehead atoms. The highest BCUT2D eigenvalue weighted by molar-refractivity contribution is 6.31. The number of fused-ring (bicyclic) bond motifs is 3. The Kier molecular flexibility index (Phi) is 6.92. The lowest BCUT2D eigenvalue weighted by molar-refractivity contribution is -0.251. The number of phenols is 2. The zero-order valence-corrected chi connectivity index (χ0v) is 21.3. The molecule has 210 valence electrons. The summed E-state index contributed by atoms with van der Waals surface area (Å²) >= 11 is 0. The van der Waals surface area contributed by atoms with Crippen molar-refractivity contribution in [3.8, 4) is 17.2 Å². The molecule has 0 aromatic heterocycles. The highest BCUT2D eigenvalue weighted by Crippen LogP contribution is 2.52. The fourth-order valence-electron chi connectivity index (χ4n) is 5.84. The van der Waals surface area contributed by atoms with E-state index in [2.05, 4.69) is 0 Å². The van der Waals surface area contributed by atoms with Gasteiger partial charge in [-0.2, -0.15) is 0 Å². The van der Waals surface area contributed by atoms with Crippen LogP contribution >= 0.6 is 0 Å². The molecule has 8 N–H and O–H groups in total. The molecule has 1 heterocycles. The van der Waals surface area contributed by atoms with Crippen LogP contribution in [0, 0.1) is 0 Å². The van der Waals surface area contributed by atoms with Crippen LogP contribution in [0.4, 0.5) is 0 Å². The zero-order valence-electron chi connectivity index (χ0n) is 21.3. The molecule has 2 aliphatic carbocycles. The molecular formula is C27H31NO11. The van der Waals surface area contributed by atoms with Gasteiger partial charge in [0.05, 0.1) is 54.3 Å². The number of methoxy groups -OCH3 is 1. The molecule has 0 amide bonds. The second kappa shape index (κ2) is 9.82. The van der Waals surface area contributed by atoms with Crippen molar-refractivity contribution < 1.29 is 54.4 Å². The summed E-state index contributed by atoms with van der Waals surface area (Å²) < 4.78 is 17.1. The number of nitrogens with two attached hydrogens (primary N) is 1. The summed E-state index contributed by atoms with van der Waals surface area (Å²) in [5.41, 5.74) is 2.77. The first-order chi connectivity index (χ1) is 18.4. The number of aliphatic hydroxyl groups excluding tert-OH is 3. The molecule has 1 saturated heterocycles. The van der Waals surface area contributed by atoms with E-state index in [1.54, 1.807) is 6.92 Å². The van der Waals surface area contributed by atoms with Gasteiger partial charge in [0.2, 0.25) is 5.78 Å². The topological polar surface area (TPSA) is 209 Å². The van der Waals surface area contributed by atoms with Gasteiger partial charge in [-0.25, -0.2) is 0 Å². The normalized spacial score (nSPS) is 30.8. The Hall–Kier alpha value is -3.10. The first-order valence-electron chi connectivity index (χ1n) is 12.6. The quantitative estimate of drug-likeness (QED) is 0.208. The van der Waals surface area contributed by atoms with Gasteiger partial charge in [0.15, 0.2) is 12.1 Å². The Balaban J connectivity index is 1.68. The third-order valence-corrected chi connectivity index (χ3v) is 7.97. The number of hydrogen-bond donors (Lipinski definition) is 7. The van der Waals surface area contributed by atoms with E-state index in [0.29, 0.717) is 0 Å². The lowest BCUT2D eigenvalue weighted by Gasteiger charge is -2.44. The summed E-state index contributed by atoms with van der Waals surface area (Å²) in [6, 6.07) is 3.69. The number of aliphatic hydroxyl groups is 4. The number of rotatable bonds is 5. The van der Waals surface area contributed by atoms with E-state index >= 15 is 0 Å². The van der Waals surface area contributed by atoms with Gasteiger partial charge in [-0.1, -0.05) is 12.1 Å². The van der Waals surface area contributed by atoms with Crippen molar-refractivity contribution in [2.75, 3.05) is 13.7 Å². The Morgan fingerprint density at radius 2 is 1.85 bits per heavy atom. The summed E-state index contributed by atoms with van der Waals surface area (Å²) in [7, 11) is 1.33. The summed E-state index contributed by atoms with van der Waals surface area (Å²) in [5, 5.41) is 64.4. The zero-order chi connectivity index (χ0) is 28.4. The van der Waals surface area contributed by atoms with Crippen LogP contribution in [-0.4, -0.2) is 92.2 Å². The maximum atomic E-state index is 13.7. The van der Waals surface area contributed by atoms with Crippen molar-refractivity contribution in [3.63, 3.8) is 0 Å². The molecule has 2 aromatic carbocycles. The van der Waals surface area contributed by atoms with Crippen LogP contribution in [0.2, 0.25) is 0 Å². The smallest absolute Gasteiger partial charge is 0.202 e. The average molecular weight is 546 g/mol. The van der Waals surface area contributed by atoms with Crippen LogP contribution < -0.4 is 10.5 Å². The molecule has 1 unspecified atom stereocenters. The molecule has 1 aliphatic heterocycles. The Morgan fingerprint density at radius 3 is 2.49 bits per heavy atom. The molecule has 0 radical (unpaired) electrons. The molecule has 1 fully saturated rings. The van der Waals surface area contributed by atoms with Gasteiger partial charge in [0.25, 0.3) is 0 Å². The number of phenolic OH excluding ortho intramolecular Hbond substituents is 2. The third-order valence-electron chi connectivity index (χ3n) is 7.97. The maximum absolute atomic E-state index is 13.7. The molecular weight excluding hydrogens is 514 g/mol. The van der Waals surface area contributed by atoms with Crippen molar-refractivity contribution in [3.05, 3.63) is 51.6 Å². The van der Waals surface area contributed by atoms with Gasteiger partial charge in [0, 0.05) is 42.0 Å². The minimum Gasteiger partial charge on any atom is -0.507 e. The molecule has 39 heavy (non-hydrogen) atoms. The average Bonchev–Trinajstić information content (AvgIpc) is 2.90. The minimum absolute atomic E-state index is 0.0343. The lowest BCUT2D eigenvalue weighted by Crippen LogP contribution is -2.53. The number of ether oxygens (including phenoxy) is 3. The van der Waals surface area contributed by atoms with Crippen molar-refractivity contribution >= 4 is 11.6 Å². The van der Waals surface area contributed by atoms with Crippen molar-refractivity contribution in [1.82, 2.24) is 0 Å². The van der Waals surface area contributed by atoms with Crippen molar-refractivity contribution in [2.24, 2.45) is 5.73 Å². The van der Waals surface area contributed by atoms with Crippen molar-refractivity contribution in [1.29, 1.82) is 0 Å². The largest absolute Gasteiger partial charge is 0.507 e. The summed E-state index contributed by atoms with van der Waals surface area (Å²) in [4.78, 5) is 27.2. The highest BCUT2D eigenvalue weighted by Gasteiger charge is 2.50. The third kappa shape index (κ3) is 4.19. The molecule has 3 aliphatic rings. The SMILES string of the molecule is COc1cccc2c1C(=O)c1c(O)c3c(c(O)c1C2=O)C[C@@](O)(C(O)CO)C[C@@H]3O[C@H]1C[C@H](N)[C@@H](O)[C@H](C)O1. The van der Waals surface area contributed by atoms with Gasteiger partial charge >= 0.3 is 0 Å². The van der Waals surface area contributed by atoms with E-state index in [1.807, 2.05) is 0 Å². The van der Waals surface area contributed by atoms with Crippen LogP contribution in [0.15, 0.2) is 18.2 Å². The Morgan fingerprint density at radius 1 is 1.15 bits per heavy atom. The second-order valence-corrected chi connectivity index (χ2v) is 10.3. The monoisotopic (exact) mass is 545 g/mol. The van der Waals surface area contributed by atoms with E-state index in [-0.39, 0.29) is 40.8 Å². The predicted octanol–water partition coefficient (Wildman–Crippen LogP) is -0.207. The van der Waals surface area contributed by atoms with E-state index in [1.165, 1.54) is 25.3 Å². The first-order valence-corrected chi connectivity index (χ1v) is 12.6. The number of ketones is 2. The lowest BCUT2D eigenvalue weighted by atomic mass is 9.71. The molecule has 5 rings (SSSR count). The predicted molar refractivity (Wildman–Crippen MR) is 133 cm³/mol. The van der Waals surface area contributed by atoms with E-state index in [4.69, 9.17) is 19.9 Å². The van der Waals surface area contributed by atoms with Crippen LogP contribution in [0.1, 0.15) is 68.8 Å². The Labute approximate surface area is 223 Å². The van der Waals surface area contributed by atoms with Crippen molar-refractivity contribution in [2.45, 2.75) is 68.5 Å². The summed E-state index contributed by atoms with van der Waals surface area (Å²) in [6.45, 7) is 0.768. The fraction of sp³-hybridized carbons (Fsp3) is 0.481. The number of carbonyl (C=O) groups is 2. The number of carbonyl (C=O) groups excluding carboxylic acids is 2. The molecule has 0 saturated carbocycles. The van der Waals surface area contributed by atoms with Gasteiger partial charge < -0.3 is 50.6 Å². The molecule has 12 nitrogen and oxygen atoms in total. The highest BCUT2D eigenvalue weighted by atomic mass is 16.7. The minimum atomic E-state index is -2.05. The summed E-state index contributed by atoms with van der Waals surface area (Å²) in [5.74, 6) is -2.68. The Bertz CT molecular complexity index is 1330. The molecule has 0 spiro atoms. The number of aromatic hydroxyl groups is 2. The van der Waals surface area contributed by atoms with Gasteiger partial charge in [-0.05, 0) is 13.0 Å². The number of benzene rings is 2. The number of hydrogen-bond acceptors (Lipinski definition) is 12. The molecule has 2 aromatic rings. The van der Waals surface area contributed by atoms with Crippen LogP contribution in [-0.2, 0) is 15.9 Å². The first kappa shape index (κ1) is 27.5. The van der Waals surface area contributed by atoms with Crippen LogP contribution in [0.3, 0.4) is 0 Å². The maximum Gasteiger partial charge on any atom is 0.202 e. The standard InChI is InChI=1S/C27H31NO11/c1-10-22(31)13(28)6-17(38-10)39-15-8-27(36,16(30)9-29)7-12-19(15)26(35)21-20(24(12)33)23(32)11-4-3-5-14(37-2)18(11)25(21)34/h3-5,10,13,15-17,22,29-31,33,35-36H,6-9,28H2,1-2H3/t10-,13-,15-,16?,17-,22-,27-/m0/s1. The van der Waals surface area contributed by atoms with Crippen LogP contribution in [0.25, 0.3) is 0 Å². The summed E-state index contributed by atoms with van der Waals surface area (Å²) in [6.07, 6.45) is -6.45. The van der Waals surface area contributed by atoms with Crippen LogP contribution in [0.5, 0.6) is 17.2 Å². The molecule has 7 atom stereocenters. The second-order valence-electron chi connectivity index (χ2n) is 10.3. The van der Waals surface area contributed by atoms with Gasteiger partial charge in [-0.3, -0.25) is 9.59 Å².